The smallest absolute Gasteiger partial charge is 0.305 e. The van der Waals surface area contributed by atoms with Crippen molar-refractivity contribution in [3.8, 4) is 5.75 Å². The van der Waals surface area contributed by atoms with Crippen LogP contribution < -0.4 is 21.3 Å². The highest BCUT2D eigenvalue weighted by molar-refractivity contribution is 5.97. The molecule has 1 fully saturated rings. The van der Waals surface area contributed by atoms with Crippen LogP contribution in [0.2, 0.25) is 0 Å². The molecule has 0 saturated heterocycles. The maximum atomic E-state index is 13.1. The SMILES string of the molecule is CC(=O)N[C@@H](Cc1ccc(O)cc1)C(=O)N[C@H](C(=O)N[C@@H](C)C(=O)N[C@@H](CC(=O)O)C(=O)C1CCCCC1)C(C)C. The van der Waals surface area contributed by atoms with Gasteiger partial charge in [0.15, 0.2) is 5.78 Å². The first-order valence-electron chi connectivity index (χ1n) is 14.0. The van der Waals surface area contributed by atoms with Crippen LogP contribution in [0.5, 0.6) is 5.75 Å². The molecule has 0 heterocycles. The molecule has 0 bridgehead atoms. The number of hydrogen-bond donors (Lipinski definition) is 6. The van der Waals surface area contributed by atoms with E-state index in [2.05, 4.69) is 21.3 Å². The number of rotatable bonds is 14. The van der Waals surface area contributed by atoms with E-state index in [9.17, 15) is 39.0 Å². The third-order valence-corrected chi connectivity index (χ3v) is 7.12. The Labute approximate surface area is 240 Å². The minimum Gasteiger partial charge on any atom is -0.508 e. The van der Waals surface area contributed by atoms with Crippen LogP contribution in [0.4, 0.5) is 0 Å². The van der Waals surface area contributed by atoms with Crippen LogP contribution in [0.1, 0.15) is 71.8 Å². The molecule has 1 aliphatic carbocycles. The molecule has 0 aromatic heterocycles. The van der Waals surface area contributed by atoms with E-state index in [0.717, 1.165) is 19.3 Å². The number of carbonyl (C=O) groups is 6. The van der Waals surface area contributed by atoms with E-state index in [0.29, 0.717) is 18.4 Å². The third kappa shape index (κ3) is 10.8. The number of ketones is 1. The second kappa shape index (κ2) is 15.7. The number of carboxylic acids is 1. The predicted octanol–water partition coefficient (Wildman–Crippen LogP) is 1.19. The highest BCUT2D eigenvalue weighted by Crippen LogP contribution is 2.26. The van der Waals surface area contributed by atoms with Crippen LogP contribution in [0.15, 0.2) is 24.3 Å². The monoisotopic (exact) mass is 574 g/mol. The zero-order valence-electron chi connectivity index (χ0n) is 24.1. The second-order valence-corrected chi connectivity index (χ2v) is 11.0. The quantitative estimate of drug-likeness (QED) is 0.191. The van der Waals surface area contributed by atoms with Crippen LogP contribution in [-0.2, 0) is 35.2 Å². The highest BCUT2D eigenvalue weighted by atomic mass is 16.4. The molecular formula is C29H42N4O8. The van der Waals surface area contributed by atoms with E-state index in [1.807, 2.05) is 0 Å². The lowest BCUT2D eigenvalue weighted by Gasteiger charge is -2.28. The molecule has 0 spiro atoms. The van der Waals surface area contributed by atoms with E-state index < -0.39 is 66.1 Å². The Balaban J connectivity index is 2.07. The summed E-state index contributed by atoms with van der Waals surface area (Å²) in [5, 5.41) is 29.1. The van der Waals surface area contributed by atoms with Crippen molar-refractivity contribution in [1.82, 2.24) is 21.3 Å². The zero-order valence-corrected chi connectivity index (χ0v) is 24.1. The van der Waals surface area contributed by atoms with Crippen molar-refractivity contribution in [2.24, 2.45) is 11.8 Å². The summed E-state index contributed by atoms with van der Waals surface area (Å²) in [4.78, 5) is 75.3. The first-order chi connectivity index (χ1) is 19.3. The molecule has 12 nitrogen and oxygen atoms in total. The van der Waals surface area contributed by atoms with Gasteiger partial charge in [-0.1, -0.05) is 45.2 Å². The van der Waals surface area contributed by atoms with Crippen molar-refractivity contribution in [3.63, 3.8) is 0 Å². The van der Waals surface area contributed by atoms with Crippen LogP contribution in [0, 0.1) is 11.8 Å². The molecular weight excluding hydrogens is 532 g/mol. The standard InChI is InChI=1S/C29H42N4O8/c1-16(2)25(33-28(40)23(31-18(4)34)14-19-10-12-21(35)13-11-19)29(41)30-17(3)27(39)32-22(15-24(36)37)26(38)20-8-6-5-7-9-20/h10-13,16-17,20,22-23,25,35H,5-9,14-15H2,1-4H3,(H,30,41)(H,31,34)(H,32,39)(H,33,40)(H,36,37)/t17-,22-,23-,25-/m0/s1. The number of amides is 4. The van der Waals surface area contributed by atoms with E-state index in [4.69, 9.17) is 0 Å². The lowest BCUT2D eigenvalue weighted by atomic mass is 9.83. The van der Waals surface area contributed by atoms with E-state index in [1.54, 1.807) is 26.0 Å². The number of phenols is 1. The molecule has 1 saturated carbocycles. The summed E-state index contributed by atoms with van der Waals surface area (Å²) < 4.78 is 0. The van der Waals surface area contributed by atoms with Crippen molar-refractivity contribution < 1.29 is 39.0 Å². The van der Waals surface area contributed by atoms with Gasteiger partial charge in [0, 0.05) is 19.3 Å². The summed E-state index contributed by atoms with van der Waals surface area (Å²) >= 11 is 0. The summed E-state index contributed by atoms with van der Waals surface area (Å²) in [7, 11) is 0. The van der Waals surface area contributed by atoms with E-state index >= 15 is 0 Å². The van der Waals surface area contributed by atoms with Crippen LogP contribution in [0.25, 0.3) is 0 Å². The van der Waals surface area contributed by atoms with Gasteiger partial charge in [0.25, 0.3) is 0 Å². The number of hydrogen-bond acceptors (Lipinski definition) is 7. The second-order valence-electron chi connectivity index (χ2n) is 11.0. The van der Waals surface area contributed by atoms with Gasteiger partial charge in [-0.15, -0.1) is 0 Å². The van der Waals surface area contributed by atoms with Gasteiger partial charge >= 0.3 is 5.97 Å². The molecule has 226 valence electrons. The molecule has 2 rings (SSSR count). The fraction of sp³-hybridized carbons (Fsp3) is 0.586. The molecule has 1 aliphatic rings. The van der Waals surface area contributed by atoms with Crippen molar-refractivity contribution in [2.45, 2.75) is 96.8 Å². The molecule has 0 unspecified atom stereocenters. The molecule has 4 amide bonds. The minimum absolute atomic E-state index is 0.0524. The van der Waals surface area contributed by atoms with Gasteiger partial charge in [0.05, 0.1) is 12.5 Å². The summed E-state index contributed by atoms with van der Waals surface area (Å²) in [5.41, 5.74) is 0.672. The number of carbonyl (C=O) groups excluding carboxylic acids is 5. The third-order valence-electron chi connectivity index (χ3n) is 7.12. The minimum atomic E-state index is -1.22. The lowest BCUT2D eigenvalue weighted by molar-refractivity contribution is -0.141. The van der Waals surface area contributed by atoms with Crippen molar-refractivity contribution in [1.29, 1.82) is 0 Å². The number of aromatic hydroxyl groups is 1. The van der Waals surface area contributed by atoms with E-state index in [-0.39, 0.29) is 23.9 Å². The maximum Gasteiger partial charge on any atom is 0.305 e. The number of nitrogens with one attached hydrogen (secondary N) is 4. The average Bonchev–Trinajstić information content (AvgIpc) is 2.91. The van der Waals surface area contributed by atoms with Gasteiger partial charge in [0.2, 0.25) is 23.6 Å². The Bertz CT molecular complexity index is 1100. The van der Waals surface area contributed by atoms with Crippen molar-refractivity contribution in [2.75, 3.05) is 0 Å². The fourth-order valence-corrected chi connectivity index (χ4v) is 4.85. The van der Waals surface area contributed by atoms with E-state index in [1.165, 1.54) is 26.0 Å². The van der Waals surface area contributed by atoms with Crippen LogP contribution >= 0.6 is 0 Å². The molecule has 1 aromatic rings. The molecule has 41 heavy (non-hydrogen) atoms. The number of carboxylic acid groups (broad SMARTS) is 1. The molecule has 6 N–H and O–H groups in total. The van der Waals surface area contributed by atoms with Crippen molar-refractivity contribution >= 4 is 35.4 Å². The first-order valence-corrected chi connectivity index (χ1v) is 14.0. The summed E-state index contributed by atoms with van der Waals surface area (Å²) in [5.74, 6) is -4.62. The Morgan fingerprint density at radius 2 is 1.41 bits per heavy atom. The van der Waals surface area contributed by atoms with Gasteiger partial charge in [-0.05, 0) is 43.4 Å². The Kier molecular flexibility index (Phi) is 12.8. The summed E-state index contributed by atoms with van der Waals surface area (Å²) in [6, 6.07) is 1.74. The maximum absolute atomic E-state index is 13.1. The Hall–Kier alpha value is -3.96. The molecule has 0 radical (unpaired) electrons. The van der Waals surface area contributed by atoms with Gasteiger partial charge in [-0.2, -0.15) is 0 Å². The largest absolute Gasteiger partial charge is 0.508 e. The topological polar surface area (TPSA) is 191 Å². The van der Waals surface area contributed by atoms with Gasteiger partial charge in [-0.3, -0.25) is 28.8 Å². The fourth-order valence-electron chi connectivity index (χ4n) is 4.85. The number of aliphatic carboxylic acids is 1. The number of phenolic OH excluding ortho intramolecular Hbond substituents is 1. The highest BCUT2D eigenvalue weighted by Gasteiger charge is 2.34. The Morgan fingerprint density at radius 1 is 0.805 bits per heavy atom. The van der Waals surface area contributed by atoms with Crippen LogP contribution in [0.3, 0.4) is 0 Å². The van der Waals surface area contributed by atoms with Gasteiger partial charge in [-0.25, -0.2) is 0 Å². The number of Topliss-reactive ketones (excluding diaryl/α,β-unsaturated/α-hetero) is 1. The zero-order chi connectivity index (χ0) is 30.7. The molecule has 1 aromatic carbocycles. The Morgan fingerprint density at radius 3 is 1.95 bits per heavy atom. The van der Waals surface area contributed by atoms with Gasteiger partial charge in [0.1, 0.15) is 23.9 Å². The van der Waals surface area contributed by atoms with Gasteiger partial charge < -0.3 is 31.5 Å². The van der Waals surface area contributed by atoms with Crippen LogP contribution in [-0.4, -0.2) is 69.8 Å². The average molecular weight is 575 g/mol. The first kappa shape index (κ1) is 33.2. The normalized spacial score (nSPS) is 16.5. The molecule has 12 heteroatoms. The number of benzene rings is 1. The molecule has 0 aliphatic heterocycles. The summed E-state index contributed by atoms with van der Waals surface area (Å²) in [6.07, 6.45) is 3.61. The predicted molar refractivity (Wildman–Crippen MR) is 150 cm³/mol. The van der Waals surface area contributed by atoms with Crippen molar-refractivity contribution in [3.05, 3.63) is 29.8 Å². The summed E-state index contributed by atoms with van der Waals surface area (Å²) in [6.45, 7) is 6.07. The lowest BCUT2D eigenvalue weighted by Crippen LogP contribution is -2.58. The molecule has 4 atom stereocenters.